The van der Waals surface area contributed by atoms with Gasteiger partial charge in [0, 0.05) is 34.5 Å². The Balaban J connectivity index is 1.46. The summed E-state index contributed by atoms with van der Waals surface area (Å²) >= 11 is 7.24. The van der Waals surface area contributed by atoms with Crippen LogP contribution in [0, 0.1) is 10.1 Å². The molecule has 1 unspecified atom stereocenters. The van der Waals surface area contributed by atoms with Gasteiger partial charge in [-0.3, -0.25) is 19.7 Å². The Morgan fingerprint density at radius 1 is 0.889 bits per heavy atom. The predicted molar refractivity (Wildman–Crippen MR) is 140 cm³/mol. The molecule has 1 aromatic heterocycles. The topological polar surface area (TPSA) is 114 Å². The van der Waals surface area contributed by atoms with Crippen LogP contribution in [-0.2, 0) is 4.79 Å². The Labute approximate surface area is 215 Å². The van der Waals surface area contributed by atoms with Gasteiger partial charge in [0.15, 0.2) is 0 Å². The maximum atomic E-state index is 13.1. The summed E-state index contributed by atoms with van der Waals surface area (Å²) in [6.45, 7) is 0. The van der Waals surface area contributed by atoms with Crippen molar-refractivity contribution in [2.45, 2.75) is 10.1 Å². The number of benzene rings is 3. The van der Waals surface area contributed by atoms with Gasteiger partial charge in [0.1, 0.15) is 11.1 Å². The van der Waals surface area contributed by atoms with Crippen LogP contribution in [0.25, 0.3) is 0 Å². The van der Waals surface area contributed by atoms with Gasteiger partial charge in [0.2, 0.25) is 5.91 Å². The number of nitrogens with one attached hydrogen (secondary N) is 2. The van der Waals surface area contributed by atoms with Gasteiger partial charge in [-0.05, 0) is 54.1 Å². The Kier molecular flexibility index (Phi) is 7.94. The summed E-state index contributed by atoms with van der Waals surface area (Å²) in [5.41, 5.74) is 1.59. The summed E-state index contributed by atoms with van der Waals surface area (Å²) in [5, 5.41) is 16.3. The van der Waals surface area contributed by atoms with E-state index >= 15 is 0 Å². The first-order chi connectivity index (χ1) is 17.4. The average Bonchev–Trinajstić information content (AvgIpc) is 2.90. The summed E-state index contributed by atoms with van der Waals surface area (Å²) in [7, 11) is 0. The van der Waals surface area contributed by atoms with Crippen LogP contribution >= 0.6 is 23.4 Å². The number of non-ortho nitro benzene ring substituents is 1. The molecule has 3 aromatic carbocycles. The van der Waals surface area contributed by atoms with Crippen LogP contribution in [0.1, 0.15) is 21.2 Å². The molecular formula is C26H19ClN4O4S. The second-order valence-electron chi connectivity index (χ2n) is 7.54. The van der Waals surface area contributed by atoms with Crippen molar-refractivity contribution in [3.05, 3.63) is 123 Å². The van der Waals surface area contributed by atoms with E-state index in [0.717, 1.165) is 10.5 Å². The van der Waals surface area contributed by atoms with Gasteiger partial charge in [0.25, 0.3) is 11.6 Å². The molecular weight excluding hydrogens is 500 g/mol. The van der Waals surface area contributed by atoms with Crippen LogP contribution in [0.4, 0.5) is 17.2 Å². The van der Waals surface area contributed by atoms with E-state index in [-0.39, 0.29) is 17.5 Å². The zero-order valence-electron chi connectivity index (χ0n) is 18.6. The number of thioether (sulfide) groups is 1. The zero-order chi connectivity index (χ0) is 25.5. The third kappa shape index (κ3) is 6.47. The molecule has 0 aliphatic carbocycles. The van der Waals surface area contributed by atoms with E-state index in [4.69, 9.17) is 11.6 Å². The van der Waals surface area contributed by atoms with Crippen molar-refractivity contribution in [1.29, 1.82) is 0 Å². The van der Waals surface area contributed by atoms with Crippen LogP contribution in [0.15, 0.2) is 102 Å². The number of nitro groups is 1. The van der Waals surface area contributed by atoms with Crippen LogP contribution in [0.5, 0.6) is 0 Å². The number of pyridine rings is 1. The molecule has 0 saturated carbocycles. The van der Waals surface area contributed by atoms with Crippen molar-refractivity contribution in [1.82, 2.24) is 4.98 Å². The number of hydrogen-bond donors (Lipinski definition) is 2. The molecule has 4 rings (SSSR count). The highest BCUT2D eigenvalue weighted by Crippen LogP contribution is 2.36. The number of halogens is 1. The molecule has 0 bridgehead atoms. The third-order valence-electron chi connectivity index (χ3n) is 5.03. The Morgan fingerprint density at radius 2 is 1.58 bits per heavy atom. The molecule has 36 heavy (non-hydrogen) atoms. The molecule has 1 heterocycles. The molecule has 2 amide bonds. The summed E-state index contributed by atoms with van der Waals surface area (Å²) in [6, 6.07) is 25.1. The lowest BCUT2D eigenvalue weighted by atomic mass is 10.1. The van der Waals surface area contributed by atoms with E-state index < -0.39 is 10.2 Å². The predicted octanol–water partition coefficient (Wildman–Crippen LogP) is 6.37. The molecule has 0 fully saturated rings. The van der Waals surface area contributed by atoms with Gasteiger partial charge in [-0.1, -0.05) is 41.9 Å². The average molecular weight is 519 g/mol. The number of rotatable bonds is 8. The van der Waals surface area contributed by atoms with Gasteiger partial charge in [-0.15, -0.1) is 11.8 Å². The summed E-state index contributed by atoms with van der Waals surface area (Å²) in [4.78, 5) is 40.8. The third-order valence-corrected chi connectivity index (χ3v) is 6.52. The monoisotopic (exact) mass is 518 g/mol. The van der Waals surface area contributed by atoms with E-state index in [1.54, 1.807) is 36.4 Å². The summed E-state index contributed by atoms with van der Waals surface area (Å²) in [6.07, 6.45) is 1.46. The van der Waals surface area contributed by atoms with Gasteiger partial charge >= 0.3 is 0 Å². The van der Waals surface area contributed by atoms with Crippen molar-refractivity contribution < 1.29 is 14.5 Å². The van der Waals surface area contributed by atoms with E-state index in [2.05, 4.69) is 15.6 Å². The maximum absolute atomic E-state index is 13.1. The fourth-order valence-electron chi connectivity index (χ4n) is 3.23. The first-order valence-electron chi connectivity index (χ1n) is 10.7. The summed E-state index contributed by atoms with van der Waals surface area (Å²) < 4.78 is 0. The van der Waals surface area contributed by atoms with E-state index in [1.165, 1.54) is 42.2 Å². The van der Waals surface area contributed by atoms with E-state index in [9.17, 15) is 19.7 Å². The van der Waals surface area contributed by atoms with Crippen LogP contribution < -0.4 is 10.6 Å². The van der Waals surface area contributed by atoms with Gasteiger partial charge < -0.3 is 10.6 Å². The molecule has 0 saturated heterocycles. The number of carbonyl (C=O) groups excluding carboxylic acids is 2. The SMILES string of the molecule is O=C(Nc1ccc(SC(C(=O)Nc2ccc(Cl)cn2)c2ccccc2)cc1)c1ccc([N+](=O)[O-])cc1. The van der Waals surface area contributed by atoms with Crippen molar-refractivity contribution in [2.24, 2.45) is 0 Å². The van der Waals surface area contributed by atoms with E-state index in [1.807, 2.05) is 30.3 Å². The first-order valence-corrected chi connectivity index (χ1v) is 11.9. The molecule has 0 aliphatic rings. The lowest BCUT2D eigenvalue weighted by Gasteiger charge is -2.17. The number of anilines is 2. The first kappa shape index (κ1) is 24.9. The van der Waals surface area contributed by atoms with Gasteiger partial charge in [0.05, 0.1) is 9.95 Å². The molecule has 8 nitrogen and oxygen atoms in total. The highest BCUT2D eigenvalue weighted by molar-refractivity contribution is 8.00. The van der Waals surface area contributed by atoms with E-state index in [0.29, 0.717) is 22.1 Å². The smallest absolute Gasteiger partial charge is 0.269 e. The minimum Gasteiger partial charge on any atom is -0.322 e. The highest BCUT2D eigenvalue weighted by Gasteiger charge is 2.22. The summed E-state index contributed by atoms with van der Waals surface area (Å²) in [5.74, 6) is -0.228. The molecule has 2 N–H and O–H groups in total. The largest absolute Gasteiger partial charge is 0.322 e. The standard InChI is InChI=1S/C26H19ClN4O4S/c27-19-8-15-23(28-16-19)30-26(33)24(17-4-2-1-3-5-17)36-22-13-9-20(10-14-22)29-25(32)18-6-11-21(12-7-18)31(34)35/h1-16,24H,(H,29,32)(H,28,30,33). The molecule has 180 valence electrons. The number of nitro benzene ring substituents is 1. The van der Waals surface area contributed by atoms with Crippen LogP contribution in [0.2, 0.25) is 5.02 Å². The zero-order valence-corrected chi connectivity index (χ0v) is 20.2. The van der Waals surface area contributed by atoms with Crippen molar-refractivity contribution in [2.75, 3.05) is 10.6 Å². The lowest BCUT2D eigenvalue weighted by molar-refractivity contribution is -0.384. The number of nitrogens with zero attached hydrogens (tertiary/aromatic N) is 2. The van der Waals surface area contributed by atoms with Crippen LogP contribution in [-0.4, -0.2) is 21.7 Å². The number of aromatic nitrogens is 1. The fourth-order valence-corrected chi connectivity index (χ4v) is 4.37. The molecule has 1 atom stereocenters. The minimum absolute atomic E-state index is 0.0863. The lowest BCUT2D eigenvalue weighted by Crippen LogP contribution is -2.19. The quantitative estimate of drug-likeness (QED) is 0.159. The molecule has 0 radical (unpaired) electrons. The Morgan fingerprint density at radius 3 is 2.19 bits per heavy atom. The molecule has 10 heteroatoms. The maximum Gasteiger partial charge on any atom is 0.269 e. The number of amides is 2. The Hall–Kier alpha value is -4.21. The van der Waals surface area contributed by atoms with Crippen molar-refractivity contribution in [3.8, 4) is 0 Å². The molecule has 0 spiro atoms. The fraction of sp³-hybridized carbons (Fsp3) is 0.0385. The van der Waals surface area contributed by atoms with Gasteiger partial charge in [-0.2, -0.15) is 0 Å². The molecule has 4 aromatic rings. The van der Waals surface area contributed by atoms with Crippen molar-refractivity contribution >= 4 is 52.4 Å². The van der Waals surface area contributed by atoms with Gasteiger partial charge in [-0.25, -0.2) is 4.98 Å². The second kappa shape index (κ2) is 11.5. The number of hydrogen-bond acceptors (Lipinski definition) is 6. The minimum atomic E-state index is -0.552. The second-order valence-corrected chi connectivity index (χ2v) is 9.16. The number of carbonyl (C=O) groups is 2. The normalized spacial score (nSPS) is 11.4. The highest BCUT2D eigenvalue weighted by atomic mass is 35.5. The Bertz CT molecular complexity index is 1370. The molecule has 0 aliphatic heterocycles. The van der Waals surface area contributed by atoms with Crippen molar-refractivity contribution in [3.63, 3.8) is 0 Å². The van der Waals surface area contributed by atoms with Crippen LogP contribution in [0.3, 0.4) is 0 Å².